The number of benzene rings is 2. The van der Waals surface area contributed by atoms with Crippen LogP contribution in [0.15, 0.2) is 42.5 Å². The molecule has 0 radical (unpaired) electrons. The first-order chi connectivity index (χ1) is 15.5. The molecular formula is C24H27N3O5. The third kappa shape index (κ3) is 3.55. The van der Waals surface area contributed by atoms with E-state index in [2.05, 4.69) is 0 Å². The molecule has 168 valence electrons. The first-order valence-corrected chi connectivity index (χ1v) is 10.8. The number of unbranched alkanes of at least 4 members (excludes halogenated alkanes) is 1. The SMILES string of the molecule is CCCCN1C(=O)C(C(=O)OCC)C(c2ccc(OC)c(O)c2)n2c1nc1ccccc12. The van der Waals surface area contributed by atoms with Crippen molar-refractivity contribution in [3.63, 3.8) is 0 Å². The van der Waals surface area contributed by atoms with Gasteiger partial charge in [0.25, 0.3) is 0 Å². The zero-order valence-corrected chi connectivity index (χ0v) is 18.4. The quantitative estimate of drug-likeness (QED) is 0.448. The van der Waals surface area contributed by atoms with E-state index in [9.17, 15) is 14.7 Å². The molecule has 0 aliphatic carbocycles. The van der Waals surface area contributed by atoms with Crippen LogP contribution in [-0.4, -0.2) is 46.8 Å². The molecule has 1 aliphatic heterocycles. The Labute approximate surface area is 186 Å². The number of amides is 1. The van der Waals surface area contributed by atoms with Crippen LogP contribution in [0.2, 0.25) is 0 Å². The molecular weight excluding hydrogens is 410 g/mol. The fourth-order valence-corrected chi connectivity index (χ4v) is 4.27. The van der Waals surface area contributed by atoms with Gasteiger partial charge in [-0.1, -0.05) is 31.5 Å². The van der Waals surface area contributed by atoms with Crippen molar-refractivity contribution in [2.75, 3.05) is 25.2 Å². The zero-order valence-electron chi connectivity index (χ0n) is 18.4. The third-order valence-corrected chi connectivity index (χ3v) is 5.76. The number of esters is 1. The van der Waals surface area contributed by atoms with Gasteiger partial charge in [-0.05, 0) is 43.2 Å². The summed E-state index contributed by atoms with van der Waals surface area (Å²) in [6.45, 7) is 4.38. The largest absolute Gasteiger partial charge is 0.504 e. The minimum atomic E-state index is -1.11. The lowest BCUT2D eigenvalue weighted by Crippen LogP contribution is -2.50. The summed E-state index contributed by atoms with van der Waals surface area (Å²) in [5, 5.41) is 10.4. The van der Waals surface area contributed by atoms with Crippen LogP contribution in [0.5, 0.6) is 11.5 Å². The summed E-state index contributed by atoms with van der Waals surface area (Å²) in [5.74, 6) is -1.32. The number of methoxy groups -OCH3 is 1. The molecule has 4 rings (SSSR count). The summed E-state index contributed by atoms with van der Waals surface area (Å²) in [6.07, 6.45) is 1.67. The second-order valence-corrected chi connectivity index (χ2v) is 7.72. The van der Waals surface area contributed by atoms with E-state index in [0.717, 1.165) is 23.9 Å². The molecule has 1 aromatic heterocycles. The van der Waals surface area contributed by atoms with Crippen molar-refractivity contribution in [1.82, 2.24) is 9.55 Å². The molecule has 0 saturated carbocycles. The van der Waals surface area contributed by atoms with Crippen molar-refractivity contribution in [3.05, 3.63) is 48.0 Å². The van der Waals surface area contributed by atoms with E-state index in [0.29, 0.717) is 23.8 Å². The Kier molecular flexibility index (Phi) is 6.03. The first-order valence-electron chi connectivity index (χ1n) is 10.8. The van der Waals surface area contributed by atoms with Crippen molar-refractivity contribution in [2.24, 2.45) is 5.92 Å². The molecule has 2 unspecified atom stereocenters. The third-order valence-electron chi connectivity index (χ3n) is 5.76. The number of fused-ring (bicyclic) bond motifs is 3. The number of nitrogens with zero attached hydrogens (tertiary/aromatic N) is 3. The number of aromatic nitrogens is 2. The summed E-state index contributed by atoms with van der Waals surface area (Å²) < 4.78 is 12.4. The standard InChI is InChI=1S/C24H27N3O5/c1-4-6-13-26-22(29)20(23(30)32-5-2)21(15-11-12-19(31-3)18(28)14-15)27-17-10-8-7-9-16(17)25-24(26)27/h7-12,14,20-21,28H,4-6,13H2,1-3H3. The minimum absolute atomic E-state index is 0.0700. The van der Waals surface area contributed by atoms with Crippen LogP contribution in [0, 0.1) is 5.92 Å². The average molecular weight is 437 g/mol. The van der Waals surface area contributed by atoms with Crippen molar-refractivity contribution < 1.29 is 24.2 Å². The maximum atomic E-state index is 13.7. The second-order valence-electron chi connectivity index (χ2n) is 7.72. The fourth-order valence-electron chi connectivity index (χ4n) is 4.27. The van der Waals surface area contributed by atoms with Gasteiger partial charge < -0.3 is 19.1 Å². The molecule has 2 heterocycles. The van der Waals surface area contributed by atoms with Crippen LogP contribution in [0.3, 0.4) is 0 Å². The predicted octanol–water partition coefficient (Wildman–Crippen LogP) is 3.67. The summed E-state index contributed by atoms with van der Waals surface area (Å²) in [4.78, 5) is 33.1. The van der Waals surface area contributed by atoms with Crippen molar-refractivity contribution in [3.8, 4) is 11.5 Å². The zero-order chi connectivity index (χ0) is 22.8. The lowest BCUT2D eigenvalue weighted by molar-refractivity contribution is -0.153. The Morgan fingerprint density at radius 3 is 2.66 bits per heavy atom. The number of phenolic OH excluding ortho intramolecular Hbond substituents is 1. The molecule has 1 aliphatic rings. The second kappa shape index (κ2) is 8.90. The molecule has 0 spiro atoms. The summed E-state index contributed by atoms with van der Waals surface area (Å²) in [7, 11) is 1.47. The highest BCUT2D eigenvalue weighted by Crippen LogP contribution is 2.43. The lowest BCUT2D eigenvalue weighted by Gasteiger charge is -2.38. The molecule has 32 heavy (non-hydrogen) atoms. The average Bonchev–Trinajstić information content (AvgIpc) is 3.17. The fraction of sp³-hybridized carbons (Fsp3) is 0.375. The molecule has 1 amide bonds. The molecule has 0 fully saturated rings. The van der Waals surface area contributed by atoms with Gasteiger partial charge in [0.1, 0.15) is 0 Å². The Morgan fingerprint density at radius 2 is 1.97 bits per heavy atom. The van der Waals surface area contributed by atoms with E-state index in [1.807, 2.05) is 35.8 Å². The number of aromatic hydroxyl groups is 1. The van der Waals surface area contributed by atoms with Crippen LogP contribution in [0.1, 0.15) is 38.3 Å². The monoisotopic (exact) mass is 437 g/mol. The molecule has 8 heteroatoms. The number of hydrogen-bond acceptors (Lipinski definition) is 6. The number of carbonyl (C=O) groups excluding carboxylic acids is 2. The summed E-state index contributed by atoms with van der Waals surface area (Å²) >= 11 is 0. The number of carbonyl (C=O) groups is 2. The van der Waals surface area contributed by atoms with Gasteiger partial charge in [-0.2, -0.15) is 0 Å². The summed E-state index contributed by atoms with van der Waals surface area (Å²) in [5.41, 5.74) is 2.12. The number of para-hydroxylation sites is 2. The predicted molar refractivity (Wildman–Crippen MR) is 120 cm³/mol. The van der Waals surface area contributed by atoms with Gasteiger partial charge in [-0.15, -0.1) is 0 Å². The first kappa shape index (κ1) is 21.7. The highest BCUT2D eigenvalue weighted by atomic mass is 16.5. The summed E-state index contributed by atoms with van der Waals surface area (Å²) in [6, 6.07) is 11.8. The van der Waals surface area contributed by atoms with Crippen molar-refractivity contribution >= 4 is 28.9 Å². The minimum Gasteiger partial charge on any atom is -0.504 e. The van der Waals surface area contributed by atoms with Gasteiger partial charge in [0, 0.05) is 6.54 Å². The molecule has 3 aromatic rings. The van der Waals surface area contributed by atoms with Crippen LogP contribution < -0.4 is 9.64 Å². The van der Waals surface area contributed by atoms with Gasteiger partial charge in [0.15, 0.2) is 17.4 Å². The van der Waals surface area contributed by atoms with Crippen molar-refractivity contribution in [2.45, 2.75) is 32.7 Å². The van der Waals surface area contributed by atoms with Gasteiger partial charge in [0.2, 0.25) is 11.9 Å². The van der Waals surface area contributed by atoms with E-state index in [1.165, 1.54) is 13.2 Å². The van der Waals surface area contributed by atoms with Crippen LogP contribution >= 0.6 is 0 Å². The molecule has 1 N–H and O–H groups in total. The number of rotatable bonds is 7. The Balaban J connectivity index is 1.98. The number of hydrogen-bond donors (Lipinski definition) is 1. The molecule has 8 nitrogen and oxygen atoms in total. The van der Waals surface area contributed by atoms with Gasteiger partial charge in [-0.25, -0.2) is 4.98 Å². The van der Waals surface area contributed by atoms with Gasteiger partial charge >= 0.3 is 5.97 Å². The van der Waals surface area contributed by atoms with Crippen LogP contribution in [-0.2, 0) is 14.3 Å². The Morgan fingerprint density at radius 1 is 1.19 bits per heavy atom. The normalized spacial score (nSPS) is 18.0. The van der Waals surface area contributed by atoms with Crippen LogP contribution in [0.4, 0.5) is 5.95 Å². The van der Waals surface area contributed by atoms with E-state index in [-0.39, 0.29) is 18.3 Å². The van der Waals surface area contributed by atoms with E-state index >= 15 is 0 Å². The van der Waals surface area contributed by atoms with E-state index < -0.39 is 17.9 Å². The lowest BCUT2D eigenvalue weighted by atomic mass is 9.89. The maximum absolute atomic E-state index is 13.7. The Hall–Kier alpha value is -3.55. The van der Waals surface area contributed by atoms with Crippen LogP contribution in [0.25, 0.3) is 11.0 Å². The van der Waals surface area contributed by atoms with Gasteiger partial charge in [-0.3, -0.25) is 14.5 Å². The molecule has 2 aromatic carbocycles. The topological polar surface area (TPSA) is 93.9 Å². The number of anilines is 1. The highest BCUT2D eigenvalue weighted by molar-refractivity contribution is 6.08. The molecule has 0 bridgehead atoms. The number of ether oxygens (including phenoxy) is 2. The van der Waals surface area contributed by atoms with E-state index in [4.69, 9.17) is 14.5 Å². The maximum Gasteiger partial charge on any atom is 0.321 e. The number of phenols is 1. The number of imidazole rings is 1. The highest BCUT2D eigenvalue weighted by Gasteiger charge is 2.47. The molecule has 0 saturated heterocycles. The van der Waals surface area contributed by atoms with E-state index in [1.54, 1.807) is 24.0 Å². The van der Waals surface area contributed by atoms with Crippen molar-refractivity contribution in [1.29, 1.82) is 0 Å². The Bertz CT molecular complexity index is 1160. The van der Waals surface area contributed by atoms with Gasteiger partial charge in [0.05, 0.1) is 30.8 Å². The smallest absolute Gasteiger partial charge is 0.321 e. The molecule has 2 atom stereocenters.